The molecule has 2 aromatic rings. The van der Waals surface area contributed by atoms with Gasteiger partial charge >= 0.3 is 0 Å². The van der Waals surface area contributed by atoms with Gasteiger partial charge in [-0.3, -0.25) is 4.99 Å². The van der Waals surface area contributed by atoms with Crippen LogP contribution in [0, 0.1) is 20.8 Å². The van der Waals surface area contributed by atoms with Gasteiger partial charge in [0.25, 0.3) is 0 Å². The van der Waals surface area contributed by atoms with Crippen LogP contribution in [0.15, 0.2) is 33.8 Å². The van der Waals surface area contributed by atoms with Crippen molar-refractivity contribution >= 4 is 29.9 Å². The Morgan fingerprint density at radius 2 is 1.96 bits per heavy atom. The fraction of sp³-hybridized carbons (Fsp3) is 0.444. The minimum absolute atomic E-state index is 0. The van der Waals surface area contributed by atoms with Crippen LogP contribution in [-0.2, 0) is 13.0 Å². The van der Waals surface area contributed by atoms with Crippen LogP contribution in [0.25, 0.3) is 0 Å². The van der Waals surface area contributed by atoms with E-state index in [9.17, 15) is 0 Å². The van der Waals surface area contributed by atoms with Gasteiger partial charge in [-0.2, -0.15) is 0 Å². The second-order valence-electron chi connectivity index (χ2n) is 5.81. The summed E-state index contributed by atoms with van der Waals surface area (Å²) < 4.78 is 5.20. The summed E-state index contributed by atoms with van der Waals surface area (Å²) in [6, 6.07) is 8.43. The van der Waals surface area contributed by atoms with E-state index < -0.39 is 0 Å². The summed E-state index contributed by atoms with van der Waals surface area (Å²) in [4.78, 5) is 6.50. The summed E-state index contributed by atoms with van der Waals surface area (Å²) in [6.07, 6.45) is 0.873. The molecule has 0 saturated heterocycles. The number of aryl methyl sites for hydroxylation is 3. The van der Waals surface area contributed by atoms with Gasteiger partial charge in [0.05, 0.1) is 5.69 Å². The summed E-state index contributed by atoms with van der Waals surface area (Å²) in [5, 5.41) is 7.40. The standard InChI is InChI=1S/C18H26N4O.HI/c1-13-8-6-7-9-16(13)12-22(5)18(19-4)20-11-10-17-14(2)21-23-15(17)3;/h6-9H,10-12H2,1-5H3,(H,19,20);1H. The van der Waals surface area contributed by atoms with E-state index in [2.05, 4.69) is 58.6 Å². The van der Waals surface area contributed by atoms with E-state index in [1.165, 1.54) is 16.7 Å². The van der Waals surface area contributed by atoms with E-state index >= 15 is 0 Å². The van der Waals surface area contributed by atoms with Gasteiger partial charge < -0.3 is 14.7 Å². The predicted octanol–water partition coefficient (Wildman–Crippen LogP) is 3.47. The maximum absolute atomic E-state index is 5.20. The highest BCUT2D eigenvalue weighted by atomic mass is 127. The predicted molar refractivity (Wildman–Crippen MR) is 109 cm³/mol. The molecule has 1 aromatic carbocycles. The lowest BCUT2D eigenvalue weighted by Gasteiger charge is -2.23. The van der Waals surface area contributed by atoms with E-state index in [0.717, 1.165) is 36.9 Å². The molecule has 2 rings (SSSR count). The molecule has 0 radical (unpaired) electrons. The van der Waals surface area contributed by atoms with Crippen molar-refractivity contribution < 1.29 is 4.52 Å². The van der Waals surface area contributed by atoms with Crippen molar-refractivity contribution in [3.05, 3.63) is 52.4 Å². The number of guanidine groups is 1. The zero-order valence-corrected chi connectivity index (χ0v) is 17.4. The number of benzene rings is 1. The monoisotopic (exact) mass is 442 g/mol. The van der Waals surface area contributed by atoms with Crippen LogP contribution in [0.4, 0.5) is 0 Å². The van der Waals surface area contributed by atoms with Gasteiger partial charge in [0, 0.05) is 32.7 Å². The van der Waals surface area contributed by atoms with Crippen LogP contribution in [-0.4, -0.2) is 36.7 Å². The third-order valence-electron chi connectivity index (χ3n) is 4.08. The van der Waals surface area contributed by atoms with Gasteiger partial charge in [-0.1, -0.05) is 29.4 Å². The minimum Gasteiger partial charge on any atom is -0.361 e. The smallest absolute Gasteiger partial charge is 0.193 e. The second kappa shape index (κ2) is 9.66. The van der Waals surface area contributed by atoms with Gasteiger partial charge in [-0.15, -0.1) is 24.0 Å². The Bertz CT molecular complexity index is 662. The summed E-state index contributed by atoms with van der Waals surface area (Å²) >= 11 is 0. The Hall–Kier alpha value is -1.57. The molecular formula is C18H27IN4O. The molecule has 1 heterocycles. The van der Waals surface area contributed by atoms with Crippen molar-refractivity contribution in [3.63, 3.8) is 0 Å². The van der Waals surface area contributed by atoms with Crippen LogP contribution in [0.5, 0.6) is 0 Å². The van der Waals surface area contributed by atoms with E-state index in [1.54, 1.807) is 0 Å². The van der Waals surface area contributed by atoms with Crippen molar-refractivity contribution in [3.8, 4) is 0 Å². The van der Waals surface area contributed by atoms with Crippen molar-refractivity contribution in [2.45, 2.75) is 33.7 Å². The van der Waals surface area contributed by atoms with Crippen molar-refractivity contribution in [1.82, 2.24) is 15.4 Å². The SMILES string of the molecule is CN=C(NCCc1c(C)noc1C)N(C)Cc1ccccc1C.I. The third kappa shape index (κ3) is 5.22. The van der Waals surface area contributed by atoms with Crippen molar-refractivity contribution in [1.29, 1.82) is 0 Å². The molecule has 0 aliphatic carbocycles. The first kappa shape index (κ1) is 20.5. The normalized spacial score (nSPS) is 11.1. The minimum atomic E-state index is 0. The number of aromatic nitrogens is 1. The maximum Gasteiger partial charge on any atom is 0.193 e. The van der Waals surface area contributed by atoms with E-state index in [1.807, 2.05) is 20.9 Å². The topological polar surface area (TPSA) is 53.7 Å². The molecule has 6 heteroatoms. The molecule has 1 N–H and O–H groups in total. The fourth-order valence-electron chi connectivity index (χ4n) is 2.66. The lowest BCUT2D eigenvalue weighted by molar-refractivity contribution is 0.392. The van der Waals surface area contributed by atoms with Gasteiger partial charge in [0.15, 0.2) is 5.96 Å². The number of aliphatic imine (C=N–C) groups is 1. The Balaban J connectivity index is 0.00000288. The summed E-state index contributed by atoms with van der Waals surface area (Å²) in [6.45, 7) is 7.70. The van der Waals surface area contributed by atoms with Gasteiger partial charge in [0.1, 0.15) is 5.76 Å². The molecule has 0 bridgehead atoms. The number of rotatable bonds is 5. The average molecular weight is 442 g/mol. The molecule has 24 heavy (non-hydrogen) atoms. The van der Waals surface area contributed by atoms with Crippen LogP contribution >= 0.6 is 24.0 Å². The highest BCUT2D eigenvalue weighted by Crippen LogP contribution is 2.12. The lowest BCUT2D eigenvalue weighted by atomic mass is 10.1. The molecule has 0 fully saturated rings. The van der Waals surface area contributed by atoms with E-state index in [0.29, 0.717) is 0 Å². The molecule has 0 spiro atoms. The van der Waals surface area contributed by atoms with Crippen LogP contribution in [0.1, 0.15) is 28.1 Å². The second-order valence-corrected chi connectivity index (χ2v) is 5.81. The highest BCUT2D eigenvalue weighted by Gasteiger charge is 2.11. The Morgan fingerprint density at radius 1 is 1.25 bits per heavy atom. The highest BCUT2D eigenvalue weighted by molar-refractivity contribution is 14.0. The number of halogens is 1. The maximum atomic E-state index is 5.20. The average Bonchev–Trinajstić information content (AvgIpc) is 2.85. The van der Waals surface area contributed by atoms with Crippen molar-refractivity contribution in [2.75, 3.05) is 20.6 Å². The molecule has 132 valence electrons. The fourth-order valence-corrected chi connectivity index (χ4v) is 2.66. The first-order valence-corrected chi connectivity index (χ1v) is 7.91. The number of hydrogen-bond acceptors (Lipinski definition) is 3. The summed E-state index contributed by atoms with van der Waals surface area (Å²) in [5.74, 6) is 1.78. The first-order valence-electron chi connectivity index (χ1n) is 7.91. The largest absolute Gasteiger partial charge is 0.361 e. The first-order chi connectivity index (χ1) is 11.0. The van der Waals surface area contributed by atoms with Gasteiger partial charge in [0.2, 0.25) is 0 Å². The number of nitrogens with one attached hydrogen (secondary N) is 1. The lowest BCUT2D eigenvalue weighted by Crippen LogP contribution is -2.39. The van der Waals surface area contributed by atoms with Crippen molar-refractivity contribution in [2.24, 2.45) is 4.99 Å². The molecule has 0 atom stereocenters. The Morgan fingerprint density at radius 3 is 2.54 bits per heavy atom. The zero-order valence-electron chi connectivity index (χ0n) is 15.1. The summed E-state index contributed by atoms with van der Waals surface area (Å²) in [5.41, 5.74) is 4.75. The molecule has 1 aromatic heterocycles. The van der Waals surface area contributed by atoms with E-state index in [-0.39, 0.29) is 24.0 Å². The van der Waals surface area contributed by atoms with Crippen LogP contribution < -0.4 is 5.32 Å². The summed E-state index contributed by atoms with van der Waals surface area (Å²) in [7, 11) is 3.87. The van der Waals surface area contributed by atoms with E-state index in [4.69, 9.17) is 4.52 Å². The Labute approximate surface area is 161 Å². The number of hydrogen-bond donors (Lipinski definition) is 1. The zero-order chi connectivity index (χ0) is 16.8. The molecule has 0 aliphatic heterocycles. The van der Waals surface area contributed by atoms with Crippen LogP contribution in [0.2, 0.25) is 0 Å². The Kier molecular flexibility index (Phi) is 8.24. The van der Waals surface area contributed by atoms with Gasteiger partial charge in [-0.25, -0.2) is 0 Å². The molecule has 0 amide bonds. The molecule has 0 saturated carbocycles. The van der Waals surface area contributed by atoms with Crippen LogP contribution in [0.3, 0.4) is 0 Å². The molecular weight excluding hydrogens is 415 g/mol. The molecule has 0 unspecified atom stereocenters. The quantitative estimate of drug-likeness (QED) is 0.438. The number of nitrogens with zero attached hydrogens (tertiary/aromatic N) is 3. The molecule has 5 nitrogen and oxygen atoms in total. The molecule has 0 aliphatic rings. The third-order valence-corrected chi connectivity index (χ3v) is 4.08. The van der Waals surface area contributed by atoms with Gasteiger partial charge in [-0.05, 0) is 38.3 Å².